The molecular formula is C15H17NO2. The molecular weight excluding hydrogens is 226 g/mol. The van der Waals surface area contributed by atoms with E-state index in [-0.39, 0.29) is 5.91 Å². The Morgan fingerprint density at radius 2 is 1.89 bits per heavy atom. The van der Waals surface area contributed by atoms with E-state index in [1.807, 2.05) is 18.2 Å². The largest absolute Gasteiger partial charge is 0.275 e. The molecule has 0 saturated carbocycles. The summed E-state index contributed by atoms with van der Waals surface area (Å²) in [7, 11) is 3.13. The highest BCUT2D eigenvalue weighted by Crippen LogP contribution is 2.19. The normalized spacial score (nSPS) is 10.6. The van der Waals surface area contributed by atoms with Gasteiger partial charge in [-0.05, 0) is 22.8 Å². The molecule has 2 aromatic rings. The Hall–Kier alpha value is -1.87. The zero-order valence-corrected chi connectivity index (χ0v) is 10.7. The van der Waals surface area contributed by atoms with E-state index in [2.05, 4.69) is 24.3 Å². The van der Waals surface area contributed by atoms with Gasteiger partial charge in [-0.25, -0.2) is 5.06 Å². The molecule has 2 rings (SSSR count). The van der Waals surface area contributed by atoms with Gasteiger partial charge in [0.15, 0.2) is 0 Å². The molecule has 0 spiro atoms. The van der Waals surface area contributed by atoms with E-state index in [1.165, 1.54) is 28.5 Å². The summed E-state index contributed by atoms with van der Waals surface area (Å²) in [6.45, 7) is 0. The number of hydroxylamine groups is 2. The fourth-order valence-corrected chi connectivity index (χ4v) is 2.01. The van der Waals surface area contributed by atoms with E-state index in [0.29, 0.717) is 6.42 Å². The Morgan fingerprint density at radius 1 is 1.17 bits per heavy atom. The molecule has 0 heterocycles. The highest BCUT2D eigenvalue weighted by Gasteiger charge is 2.09. The molecule has 0 aliphatic carbocycles. The molecule has 2 aromatic carbocycles. The van der Waals surface area contributed by atoms with Crippen LogP contribution >= 0.6 is 0 Å². The summed E-state index contributed by atoms with van der Waals surface area (Å²) in [6.07, 6.45) is 1.19. The molecule has 0 atom stereocenters. The molecule has 0 aliphatic heterocycles. The van der Waals surface area contributed by atoms with Crippen LogP contribution in [0.4, 0.5) is 0 Å². The van der Waals surface area contributed by atoms with E-state index < -0.39 is 0 Å². The van der Waals surface area contributed by atoms with Crippen molar-refractivity contribution in [1.82, 2.24) is 5.06 Å². The first-order valence-electron chi connectivity index (χ1n) is 5.99. The van der Waals surface area contributed by atoms with Crippen molar-refractivity contribution in [3.05, 3.63) is 48.0 Å². The molecule has 3 heteroatoms. The predicted octanol–water partition coefficient (Wildman–Crippen LogP) is 2.79. The lowest BCUT2D eigenvalue weighted by Crippen LogP contribution is -2.25. The first-order chi connectivity index (χ1) is 8.72. The molecule has 0 bridgehead atoms. The van der Waals surface area contributed by atoms with Gasteiger partial charge in [0.25, 0.3) is 0 Å². The summed E-state index contributed by atoms with van der Waals surface area (Å²) in [5, 5.41) is 3.70. The minimum Gasteiger partial charge on any atom is -0.275 e. The van der Waals surface area contributed by atoms with Crippen LogP contribution < -0.4 is 0 Å². The molecule has 0 radical (unpaired) electrons. The summed E-state index contributed by atoms with van der Waals surface area (Å²) in [5.74, 6) is -0.00886. The van der Waals surface area contributed by atoms with Gasteiger partial charge in [0.05, 0.1) is 7.11 Å². The van der Waals surface area contributed by atoms with Gasteiger partial charge in [0, 0.05) is 13.5 Å². The number of hydrogen-bond donors (Lipinski definition) is 0. The van der Waals surface area contributed by atoms with Crippen molar-refractivity contribution in [2.75, 3.05) is 14.2 Å². The summed E-state index contributed by atoms with van der Waals surface area (Å²) >= 11 is 0. The Morgan fingerprint density at radius 3 is 2.67 bits per heavy atom. The van der Waals surface area contributed by atoms with Crippen molar-refractivity contribution in [3.63, 3.8) is 0 Å². The van der Waals surface area contributed by atoms with Crippen LogP contribution in [0, 0.1) is 0 Å². The first-order valence-corrected chi connectivity index (χ1v) is 5.99. The van der Waals surface area contributed by atoms with Crippen LogP contribution in [0.3, 0.4) is 0 Å². The summed E-state index contributed by atoms with van der Waals surface area (Å²) < 4.78 is 0. The maximum atomic E-state index is 11.7. The number of fused-ring (bicyclic) bond motifs is 1. The van der Waals surface area contributed by atoms with Crippen LogP contribution in [0.5, 0.6) is 0 Å². The second kappa shape index (κ2) is 5.65. The molecule has 18 heavy (non-hydrogen) atoms. The van der Waals surface area contributed by atoms with Crippen LogP contribution in [0.25, 0.3) is 10.8 Å². The van der Waals surface area contributed by atoms with Crippen LogP contribution in [-0.2, 0) is 16.1 Å². The summed E-state index contributed by atoms with van der Waals surface area (Å²) in [6, 6.07) is 14.4. The van der Waals surface area contributed by atoms with Crippen LogP contribution in [0.1, 0.15) is 12.0 Å². The van der Waals surface area contributed by atoms with Crippen molar-refractivity contribution in [3.8, 4) is 0 Å². The Bertz CT molecular complexity index is 546. The number of hydrogen-bond acceptors (Lipinski definition) is 2. The maximum absolute atomic E-state index is 11.7. The standard InChI is InChI=1S/C15H17NO2/c1-16(18-2)15(17)11-10-13-8-5-7-12-6-3-4-9-14(12)13/h3-9H,10-11H2,1-2H3. The lowest BCUT2D eigenvalue weighted by molar-refractivity contribution is -0.168. The summed E-state index contributed by atoms with van der Waals surface area (Å²) in [4.78, 5) is 16.6. The van der Waals surface area contributed by atoms with E-state index in [0.717, 1.165) is 6.42 Å². The van der Waals surface area contributed by atoms with Gasteiger partial charge in [0.2, 0.25) is 5.91 Å². The fraction of sp³-hybridized carbons (Fsp3) is 0.267. The molecule has 94 valence electrons. The Labute approximate surface area is 107 Å². The zero-order chi connectivity index (χ0) is 13.0. The van der Waals surface area contributed by atoms with E-state index >= 15 is 0 Å². The number of amides is 1. The van der Waals surface area contributed by atoms with Crippen LogP contribution in [0.2, 0.25) is 0 Å². The van der Waals surface area contributed by atoms with Crippen molar-refractivity contribution in [2.45, 2.75) is 12.8 Å². The number of aryl methyl sites for hydroxylation is 1. The lowest BCUT2D eigenvalue weighted by Gasteiger charge is -2.13. The van der Waals surface area contributed by atoms with Gasteiger partial charge in [0.1, 0.15) is 0 Å². The molecule has 0 aliphatic rings. The molecule has 3 nitrogen and oxygen atoms in total. The van der Waals surface area contributed by atoms with Gasteiger partial charge in [-0.15, -0.1) is 0 Å². The third-order valence-electron chi connectivity index (χ3n) is 3.11. The van der Waals surface area contributed by atoms with Crippen molar-refractivity contribution in [2.24, 2.45) is 0 Å². The fourth-order valence-electron chi connectivity index (χ4n) is 2.01. The second-order valence-electron chi connectivity index (χ2n) is 4.21. The molecule has 0 saturated heterocycles. The van der Waals surface area contributed by atoms with Gasteiger partial charge in [-0.1, -0.05) is 42.5 Å². The number of nitrogens with zero attached hydrogens (tertiary/aromatic N) is 1. The van der Waals surface area contributed by atoms with Gasteiger partial charge < -0.3 is 0 Å². The number of benzene rings is 2. The average molecular weight is 243 g/mol. The maximum Gasteiger partial charge on any atom is 0.246 e. The van der Waals surface area contributed by atoms with Crippen LogP contribution in [-0.4, -0.2) is 25.1 Å². The van der Waals surface area contributed by atoms with E-state index in [9.17, 15) is 4.79 Å². The smallest absolute Gasteiger partial charge is 0.246 e. The monoisotopic (exact) mass is 243 g/mol. The van der Waals surface area contributed by atoms with Crippen molar-refractivity contribution >= 4 is 16.7 Å². The predicted molar refractivity (Wildman–Crippen MR) is 72.0 cm³/mol. The molecule has 1 amide bonds. The third kappa shape index (κ3) is 2.68. The SMILES string of the molecule is CON(C)C(=O)CCc1cccc2ccccc12. The minimum absolute atomic E-state index is 0.00886. The van der Waals surface area contributed by atoms with Crippen molar-refractivity contribution in [1.29, 1.82) is 0 Å². The van der Waals surface area contributed by atoms with E-state index in [1.54, 1.807) is 7.05 Å². The topological polar surface area (TPSA) is 29.5 Å². The number of rotatable bonds is 4. The zero-order valence-electron chi connectivity index (χ0n) is 10.7. The molecule has 0 unspecified atom stereocenters. The van der Waals surface area contributed by atoms with Gasteiger partial charge in [-0.2, -0.15) is 0 Å². The van der Waals surface area contributed by atoms with Gasteiger partial charge >= 0.3 is 0 Å². The number of carbonyl (C=O) groups is 1. The van der Waals surface area contributed by atoms with Crippen LogP contribution in [0.15, 0.2) is 42.5 Å². The summed E-state index contributed by atoms with van der Waals surface area (Å²) in [5.41, 5.74) is 1.20. The highest BCUT2D eigenvalue weighted by molar-refractivity contribution is 5.86. The minimum atomic E-state index is -0.00886. The lowest BCUT2D eigenvalue weighted by atomic mass is 10.0. The van der Waals surface area contributed by atoms with Gasteiger partial charge in [-0.3, -0.25) is 9.63 Å². The van der Waals surface area contributed by atoms with E-state index in [4.69, 9.17) is 4.84 Å². The average Bonchev–Trinajstić information content (AvgIpc) is 2.43. The Kier molecular flexibility index (Phi) is 3.95. The van der Waals surface area contributed by atoms with Crippen molar-refractivity contribution < 1.29 is 9.63 Å². The third-order valence-corrected chi connectivity index (χ3v) is 3.11. The quantitative estimate of drug-likeness (QED) is 0.773. The molecule has 0 N–H and O–H groups in total. The number of carbonyl (C=O) groups excluding carboxylic acids is 1. The Balaban J connectivity index is 2.15. The first kappa shape index (κ1) is 12.6. The molecule has 0 fully saturated rings. The second-order valence-corrected chi connectivity index (χ2v) is 4.21. The molecule has 0 aromatic heterocycles. The highest BCUT2D eigenvalue weighted by atomic mass is 16.7.